The molecule has 0 spiro atoms. The molecule has 0 aromatic heterocycles. The highest BCUT2D eigenvalue weighted by Gasteiger charge is 2.46. The molecule has 1 fully saturated rings. The average Bonchev–Trinajstić information content (AvgIpc) is 3.45. The molecular formula is C32H40N2O6. The molecule has 4 rings (SSSR count). The minimum absolute atomic E-state index is 0.0441. The quantitative estimate of drug-likeness (QED) is 0.161. The number of hydrogen-bond donors (Lipinski definition) is 1. The van der Waals surface area contributed by atoms with E-state index in [1.165, 1.54) is 0 Å². The van der Waals surface area contributed by atoms with E-state index in [-0.39, 0.29) is 17.4 Å². The molecular weight excluding hydrogens is 508 g/mol. The number of aliphatic hydroxyl groups excluding tert-OH is 1. The summed E-state index contributed by atoms with van der Waals surface area (Å²) in [6.07, 6.45) is 3.10. The number of carbonyl (C=O) groups excluding carboxylic acids is 2. The van der Waals surface area contributed by atoms with Gasteiger partial charge in [-0.25, -0.2) is 0 Å². The van der Waals surface area contributed by atoms with E-state index in [1.54, 1.807) is 29.2 Å². The Morgan fingerprint density at radius 2 is 1.90 bits per heavy atom. The third kappa shape index (κ3) is 6.02. The molecule has 2 aliphatic heterocycles. The van der Waals surface area contributed by atoms with E-state index in [9.17, 15) is 14.7 Å². The summed E-state index contributed by atoms with van der Waals surface area (Å²) in [6.45, 7) is 15.5. The van der Waals surface area contributed by atoms with Crippen LogP contribution in [0.25, 0.3) is 5.76 Å². The molecule has 0 aliphatic carbocycles. The summed E-state index contributed by atoms with van der Waals surface area (Å²) in [7, 11) is 0. The van der Waals surface area contributed by atoms with Gasteiger partial charge in [-0.2, -0.15) is 0 Å². The summed E-state index contributed by atoms with van der Waals surface area (Å²) >= 11 is 0. The van der Waals surface area contributed by atoms with Gasteiger partial charge in [-0.3, -0.25) is 9.59 Å². The predicted octanol–water partition coefficient (Wildman–Crippen LogP) is 5.13. The molecule has 0 unspecified atom stereocenters. The van der Waals surface area contributed by atoms with E-state index in [4.69, 9.17) is 14.2 Å². The van der Waals surface area contributed by atoms with Gasteiger partial charge in [0.25, 0.3) is 11.7 Å². The molecule has 2 aromatic carbocycles. The number of hydrogen-bond acceptors (Lipinski definition) is 7. The normalized spacial score (nSPS) is 19.6. The van der Waals surface area contributed by atoms with Crippen LogP contribution in [0.1, 0.15) is 56.8 Å². The lowest BCUT2D eigenvalue weighted by molar-refractivity contribution is -0.140. The number of amides is 1. The van der Waals surface area contributed by atoms with Crippen LogP contribution in [0.15, 0.2) is 54.6 Å². The Bertz CT molecular complexity index is 1280. The fraction of sp³-hybridized carbons (Fsp3) is 0.438. The smallest absolute Gasteiger partial charge is 0.295 e. The highest BCUT2D eigenvalue weighted by atomic mass is 16.5. The average molecular weight is 549 g/mol. The molecule has 2 aliphatic rings. The van der Waals surface area contributed by atoms with Crippen LogP contribution in [0.5, 0.6) is 17.2 Å². The third-order valence-corrected chi connectivity index (χ3v) is 7.42. The summed E-state index contributed by atoms with van der Waals surface area (Å²) in [4.78, 5) is 30.8. The second kappa shape index (κ2) is 13.0. The Kier molecular flexibility index (Phi) is 9.53. The van der Waals surface area contributed by atoms with Crippen molar-refractivity contribution in [2.45, 2.75) is 52.7 Å². The number of carbonyl (C=O) groups is 2. The lowest BCUT2D eigenvalue weighted by atomic mass is 9.94. The number of ketones is 1. The van der Waals surface area contributed by atoms with Crippen molar-refractivity contribution in [3.05, 3.63) is 71.3 Å². The Balaban J connectivity index is 1.78. The van der Waals surface area contributed by atoms with Crippen molar-refractivity contribution in [2.24, 2.45) is 0 Å². The largest absolute Gasteiger partial charge is 0.507 e. The maximum absolute atomic E-state index is 13.5. The van der Waals surface area contributed by atoms with Crippen LogP contribution in [0.4, 0.5) is 0 Å². The van der Waals surface area contributed by atoms with Crippen molar-refractivity contribution in [1.29, 1.82) is 0 Å². The van der Waals surface area contributed by atoms with E-state index in [0.717, 1.165) is 30.9 Å². The number of aliphatic hydroxyl groups is 1. The van der Waals surface area contributed by atoms with E-state index in [2.05, 4.69) is 25.3 Å². The van der Waals surface area contributed by atoms with Gasteiger partial charge < -0.3 is 29.1 Å². The summed E-state index contributed by atoms with van der Waals surface area (Å²) in [5.74, 6) is 0.307. The number of nitrogens with zero attached hydrogens (tertiary/aromatic N) is 2. The highest BCUT2D eigenvalue weighted by molar-refractivity contribution is 6.46. The van der Waals surface area contributed by atoms with Crippen LogP contribution in [0, 0.1) is 0 Å². The van der Waals surface area contributed by atoms with Crippen molar-refractivity contribution in [3.63, 3.8) is 0 Å². The second-order valence-corrected chi connectivity index (χ2v) is 10.1. The lowest BCUT2D eigenvalue weighted by Gasteiger charge is -2.27. The molecule has 0 saturated carbocycles. The highest BCUT2D eigenvalue weighted by Crippen LogP contribution is 2.43. The molecule has 2 aromatic rings. The van der Waals surface area contributed by atoms with Gasteiger partial charge in [-0.05, 0) is 81.4 Å². The summed E-state index contributed by atoms with van der Waals surface area (Å²) < 4.78 is 17.4. The zero-order chi connectivity index (χ0) is 28.8. The minimum Gasteiger partial charge on any atom is -0.507 e. The van der Waals surface area contributed by atoms with E-state index in [0.29, 0.717) is 55.2 Å². The predicted molar refractivity (Wildman–Crippen MR) is 155 cm³/mol. The number of ether oxygens (including phenoxy) is 3. The molecule has 1 saturated heterocycles. The Morgan fingerprint density at radius 1 is 1.12 bits per heavy atom. The fourth-order valence-electron chi connectivity index (χ4n) is 5.42. The zero-order valence-electron chi connectivity index (χ0n) is 23.9. The van der Waals surface area contributed by atoms with Gasteiger partial charge in [0.15, 0.2) is 11.5 Å². The molecule has 1 N–H and O–H groups in total. The van der Waals surface area contributed by atoms with Crippen molar-refractivity contribution >= 4 is 17.4 Å². The Labute approximate surface area is 236 Å². The van der Waals surface area contributed by atoms with E-state index >= 15 is 0 Å². The van der Waals surface area contributed by atoms with Gasteiger partial charge in [0.1, 0.15) is 24.2 Å². The molecule has 0 radical (unpaired) electrons. The van der Waals surface area contributed by atoms with Crippen LogP contribution in [-0.2, 0) is 16.0 Å². The second-order valence-electron chi connectivity index (χ2n) is 10.1. The number of Topliss-reactive ketones (excluding diaryl/α,β-unsaturated/α-hetero) is 1. The first-order valence-electron chi connectivity index (χ1n) is 14.1. The monoisotopic (exact) mass is 548 g/mol. The van der Waals surface area contributed by atoms with Crippen LogP contribution in [0.2, 0.25) is 0 Å². The zero-order valence-corrected chi connectivity index (χ0v) is 23.9. The summed E-state index contributed by atoms with van der Waals surface area (Å²) in [6, 6.07) is 10.00. The standard InChI is InChI=1S/C32H40N2O6/c1-6-17-39-26-14-11-22(20-27(26)38-9-4)29-28(30(35)23-12-13-25-24(19-23)18-21(5)40-25)31(36)32(37)34(29)16-10-15-33(7-2)8-3/h6,11-14,19-21,29,35H,1,7-10,15-18H2,2-5H3/b30-28+/t21-,29-/m1/s1. The molecule has 214 valence electrons. The van der Waals surface area contributed by atoms with E-state index < -0.39 is 17.7 Å². The van der Waals surface area contributed by atoms with Crippen LogP contribution in [-0.4, -0.2) is 72.1 Å². The molecule has 2 heterocycles. The molecule has 0 bridgehead atoms. The Morgan fingerprint density at radius 3 is 2.60 bits per heavy atom. The number of fused-ring (bicyclic) bond motifs is 1. The maximum atomic E-state index is 13.5. The number of likely N-dealkylation sites (tertiary alicyclic amines) is 1. The summed E-state index contributed by atoms with van der Waals surface area (Å²) in [5.41, 5.74) is 2.18. The number of rotatable bonds is 13. The van der Waals surface area contributed by atoms with Crippen molar-refractivity contribution in [1.82, 2.24) is 9.80 Å². The lowest BCUT2D eigenvalue weighted by Crippen LogP contribution is -2.33. The topological polar surface area (TPSA) is 88.5 Å². The van der Waals surface area contributed by atoms with Gasteiger partial charge in [-0.1, -0.05) is 32.6 Å². The van der Waals surface area contributed by atoms with Gasteiger partial charge >= 0.3 is 0 Å². The SMILES string of the molecule is C=CCOc1ccc([C@@H]2/C(=C(\O)c3ccc4c(c3)C[C@@H](C)O4)C(=O)C(=O)N2CCCN(CC)CC)cc1OCC. The van der Waals surface area contributed by atoms with Gasteiger partial charge in [0.05, 0.1) is 18.2 Å². The molecule has 1 amide bonds. The minimum atomic E-state index is -0.771. The van der Waals surface area contributed by atoms with Gasteiger partial charge in [0, 0.05) is 18.5 Å². The fourth-order valence-corrected chi connectivity index (χ4v) is 5.42. The van der Waals surface area contributed by atoms with E-state index in [1.807, 2.05) is 32.0 Å². The molecule has 8 heteroatoms. The van der Waals surface area contributed by atoms with Crippen LogP contribution < -0.4 is 14.2 Å². The third-order valence-electron chi connectivity index (χ3n) is 7.42. The first kappa shape index (κ1) is 29.2. The number of benzene rings is 2. The first-order valence-corrected chi connectivity index (χ1v) is 14.1. The van der Waals surface area contributed by atoms with Crippen molar-refractivity contribution < 1.29 is 28.9 Å². The van der Waals surface area contributed by atoms with Crippen LogP contribution >= 0.6 is 0 Å². The molecule has 2 atom stereocenters. The van der Waals surface area contributed by atoms with Crippen molar-refractivity contribution in [2.75, 3.05) is 39.4 Å². The molecule has 40 heavy (non-hydrogen) atoms. The molecule has 8 nitrogen and oxygen atoms in total. The first-order chi connectivity index (χ1) is 19.3. The van der Waals surface area contributed by atoms with Gasteiger partial charge in [-0.15, -0.1) is 0 Å². The summed E-state index contributed by atoms with van der Waals surface area (Å²) in [5, 5.41) is 11.6. The Hall–Kier alpha value is -3.78. The van der Waals surface area contributed by atoms with Crippen LogP contribution in [0.3, 0.4) is 0 Å². The van der Waals surface area contributed by atoms with Crippen molar-refractivity contribution in [3.8, 4) is 17.2 Å². The maximum Gasteiger partial charge on any atom is 0.295 e. The van der Waals surface area contributed by atoms with Gasteiger partial charge in [0.2, 0.25) is 0 Å².